The van der Waals surface area contributed by atoms with E-state index in [0.29, 0.717) is 11.3 Å². The lowest BCUT2D eigenvalue weighted by Crippen LogP contribution is -2.23. The molecule has 1 amide bonds. The third-order valence-electron chi connectivity index (χ3n) is 2.75. The maximum Gasteiger partial charge on any atom is 0.324 e. The van der Waals surface area contributed by atoms with Crippen LogP contribution in [0.2, 0.25) is 0 Å². The molecular weight excluding hydrogens is 342 g/mol. The van der Waals surface area contributed by atoms with Crippen LogP contribution >= 0.6 is 11.3 Å². The number of nitro groups is 1. The fourth-order valence-corrected chi connectivity index (χ4v) is 3.12. The summed E-state index contributed by atoms with van der Waals surface area (Å²) < 4.78 is 25.0. The summed E-state index contributed by atoms with van der Waals surface area (Å²) in [5.74, 6) is -0.461. The topological polar surface area (TPSA) is 118 Å². The molecule has 0 aliphatic heterocycles. The number of anilines is 1. The number of para-hydroxylation sites is 1. The summed E-state index contributed by atoms with van der Waals surface area (Å²) in [6.45, 7) is 0.0865. The van der Waals surface area contributed by atoms with Gasteiger partial charge in [0.15, 0.2) is 0 Å². The first kappa shape index (κ1) is 16.9. The molecule has 0 saturated heterocycles. The average molecular weight is 355 g/mol. The molecule has 2 rings (SSSR count). The second-order valence-electron chi connectivity index (χ2n) is 4.61. The number of hydrogen-bond donors (Lipinski definition) is 2. The van der Waals surface area contributed by atoms with E-state index in [1.165, 1.54) is 12.1 Å². The number of carbonyl (C=O) groups is 1. The van der Waals surface area contributed by atoms with E-state index >= 15 is 0 Å². The quantitative estimate of drug-likeness (QED) is 0.606. The van der Waals surface area contributed by atoms with Gasteiger partial charge in [0, 0.05) is 12.6 Å². The highest BCUT2D eigenvalue weighted by Crippen LogP contribution is 2.24. The minimum absolute atomic E-state index is 0.0865. The van der Waals surface area contributed by atoms with Gasteiger partial charge in [-0.1, -0.05) is 29.5 Å². The van der Waals surface area contributed by atoms with Gasteiger partial charge in [-0.2, -0.15) is 0 Å². The zero-order valence-electron chi connectivity index (χ0n) is 12.0. The Morgan fingerprint density at radius 3 is 2.57 bits per heavy atom. The van der Waals surface area contributed by atoms with Gasteiger partial charge in [-0.25, -0.2) is 8.42 Å². The van der Waals surface area contributed by atoms with E-state index in [0.717, 1.165) is 17.6 Å². The predicted octanol–water partition coefficient (Wildman–Crippen LogP) is 1.96. The molecule has 0 saturated carbocycles. The Kier molecular flexibility index (Phi) is 4.96. The third-order valence-corrected chi connectivity index (χ3v) is 4.37. The Labute approximate surface area is 136 Å². The van der Waals surface area contributed by atoms with Crippen LogP contribution in [0.25, 0.3) is 0 Å². The van der Waals surface area contributed by atoms with Crippen LogP contribution in [0.1, 0.15) is 15.2 Å². The van der Waals surface area contributed by atoms with Crippen molar-refractivity contribution in [2.24, 2.45) is 0 Å². The lowest BCUT2D eigenvalue weighted by Gasteiger charge is -2.11. The van der Waals surface area contributed by atoms with Crippen molar-refractivity contribution in [2.45, 2.75) is 6.54 Å². The summed E-state index contributed by atoms with van der Waals surface area (Å²) in [5.41, 5.74) is 0.949. The van der Waals surface area contributed by atoms with Crippen LogP contribution < -0.4 is 10.0 Å². The summed E-state index contributed by atoms with van der Waals surface area (Å²) in [4.78, 5) is 22.3. The third kappa shape index (κ3) is 4.76. The van der Waals surface area contributed by atoms with Crippen molar-refractivity contribution in [2.75, 3.05) is 11.0 Å². The maximum atomic E-state index is 12.0. The molecule has 0 aliphatic rings. The standard InChI is InChI=1S/C13H13N3O5S2/c1-23(20,21)15-10-5-3-2-4-9(10)8-14-13(17)11-6-7-12(22-11)16(18)19/h2-7,15H,8H2,1H3,(H,14,17). The van der Waals surface area contributed by atoms with Crippen molar-refractivity contribution in [1.82, 2.24) is 5.32 Å². The molecule has 122 valence electrons. The van der Waals surface area contributed by atoms with E-state index in [1.807, 2.05) is 0 Å². The largest absolute Gasteiger partial charge is 0.347 e. The molecule has 0 atom stereocenters. The number of hydrogen-bond acceptors (Lipinski definition) is 6. The van der Waals surface area contributed by atoms with Gasteiger partial charge in [-0.05, 0) is 17.7 Å². The van der Waals surface area contributed by atoms with Gasteiger partial charge in [0.1, 0.15) is 0 Å². The van der Waals surface area contributed by atoms with Crippen LogP contribution in [-0.2, 0) is 16.6 Å². The molecule has 10 heteroatoms. The molecule has 0 spiro atoms. The Hall–Kier alpha value is -2.46. The zero-order chi connectivity index (χ0) is 17.0. The summed E-state index contributed by atoms with van der Waals surface area (Å²) >= 11 is 0.776. The minimum Gasteiger partial charge on any atom is -0.347 e. The average Bonchev–Trinajstić information content (AvgIpc) is 2.94. The molecule has 1 heterocycles. The lowest BCUT2D eigenvalue weighted by atomic mass is 10.2. The van der Waals surface area contributed by atoms with Crippen molar-refractivity contribution in [1.29, 1.82) is 0 Å². The fourth-order valence-electron chi connectivity index (χ4n) is 1.78. The number of thiophene rings is 1. The van der Waals surface area contributed by atoms with Gasteiger partial charge in [0.2, 0.25) is 10.0 Å². The highest BCUT2D eigenvalue weighted by Gasteiger charge is 2.15. The highest BCUT2D eigenvalue weighted by atomic mass is 32.2. The van der Waals surface area contributed by atoms with E-state index in [1.54, 1.807) is 24.3 Å². The van der Waals surface area contributed by atoms with Crippen LogP contribution in [0.4, 0.5) is 10.7 Å². The minimum atomic E-state index is -3.43. The molecule has 0 fully saturated rings. The predicted molar refractivity (Wildman–Crippen MR) is 87.1 cm³/mol. The van der Waals surface area contributed by atoms with Crippen molar-refractivity contribution in [3.63, 3.8) is 0 Å². The summed E-state index contributed by atoms with van der Waals surface area (Å²) in [6.07, 6.45) is 1.03. The van der Waals surface area contributed by atoms with E-state index in [4.69, 9.17) is 0 Å². The van der Waals surface area contributed by atoms with Gasteiger partial charge < -0.3 is 5.32 Å². The molecular formula is C13H13N3O5S2. The fraction of sp³-hybridized carbons (Fsp3) is 0.154. The molecule has 0 aliphatic carbocycles. The summed E-state index contributed by atoms with van der Waals surface area (Å²) in [5, 5.41) is 13.1. The summed E-state index contributed by atoms with van der Waals surface area (Å²) in [6, 6.07) is 9.27. The van der Waals surface area contributed by atoms with Gasteiger partial charge >= 0.3 is 5.00 Å². The summed E-state index contributed by atoms with van der Waals surface area (Å²) in [7, 11) is -3.43. The molecule has 1 aromatic heterocycles. The Bertz CT molecular complexity index is 845. The first-order valence-corrected chi connectivity index (χ1v) is 9.05. The monoisotopic (exact) mass is 355 g/mol. The van der Waals surface area contributed by atoms with E-state index in [9.17, 15) is 23.3 Å². The highest BCUT2D eigenvalue weighted by molar-refractivity contribution is 7.92. The first-order valence-electron chi connectivity index (χ1n) is 6.34. The molecule has 0 unspecified atom stereocenters. The Morgan fingerprint density at radius 2 is 1.96 bits per heavy atom. The van der Waals surface area contributed by atoms with Crippen LogP contribution in [0.3, 0.4) is 0 Å². The Balaban J connectivity index is 2.08. The van der Waals surface area contributed by atoms with Crippen molar-refractivity contribution >= 4 is 38.0 Å². The van der Waals surface area contributed by atoms with E-state index < -0.39 is 20.9 Å². The number of benzene rings is 1. The number of nitrogens with one attached hydrogen (secondary N) is 2. The van der Waals surface area contributed by atoms with Crippen molar-refractivity contribution in [3.05, 3.63) is 57.0 Å². The SMILES string of the molecule is CS(=O)(=O)Nc1ccccc1CNC(=O)c1ccc([N+](=O)[O-])s1. The number of rotatable bonds is 6. The van der Waals surface area contributed by atoms with Crippen LogP contribution in [-0.4, -0.2) is 25.5 Å². The van der Waals surface area contributed by atoms with E-state index in [2.05, 4.69) is 10.0 Å². The molecule has 23 heavy (non-hydrogen) atoms. The Morgan fingerprint density at radius 1 is 1.26 bits per heavy atom. The molecule has 8 nitrogen and oxygen atoms in total. The second-order valence-corrected chi connectivity index (χ2v) is 7.42. The smallest absolute Gasteiger partial charge is 0.324 e. The normalized spacial score (nSPS) is 11.0. The van der Waals surface area contributed by atoms with Crippen molar-refractivity contribution < 1.29 is 18.1 Å². The maximum absolute atomic E-state index is 12.0. The number of amides is 1. The molecule has 2 N–H and O–H groups in total. The van der Waals surface area contributed by atoms with Gasteiger partial charge in [0.25, 0.3) is 5.91 Å². The molecule has 1 aromatic carbocycles. The van der Waals surface area contributed by atoms with Crippen LogP contribution in [0.5, 0.6) is 0 Å². The van der Waals surface area contributed by atoms with Crippen LogP contribution in [0.15, 0.2) is 36.4 Å². The second kappa shape index (κ2) is 6.75. The number of nitrogens with zero attached hydrogens (tertiary/aromatic N) is 1. The first-order chi connectivity index (χ1) is 10.8. The molecule has 0 bridgehead atoms. The number of sulfonamides is 1. The zero-order valence-corrected chi connectivity index (χ0v) is 13.6. The molecule has 0 radical (unpaired) electrons. The van der Waals surface area contributed by atoms with Crippen LogP contribution in [0, 0.1) is 10.1 Å². The van der Waals surface area contributed by atoms with Crippen molar-refractivity contribution in [3.8, 4) is 0 Å². The number of carbonyl (C=O) groups excluding carboxylic acids is 1. The van der Waals surface area contributed by atoms with Gasteiger partial charge in [-0.3, -0.25) is 19.6 Å². The van der Waals surface area contributed by atoms with E-state index in [-0.39, 0.29) is 16.4 Å². The van der Waals surface area contributed by atoms with Gasteiger partial charge in [-0.15, -0.1) is 0 Å². The lowest BCUT2D eigenvalue weighted by molar-refractivity contribution is -0.380. The van der Waals surface area contributed by atoms with Gasteiger partial charge in [0.05, 0.1) is 21.7 Å². The molecule has 2 aromatic rings.